The third-order valence-electron chi connectivity index (χ3n) is 15.8. The molecule has 1 aliphatic rings. The van der Waals surface area contributed by atoms with Crippen LogP contribution in [-0.4, -0.2) is 110 Å². The maximum absolute atomic E-state index is 13.2. The molecule has 9 atom stereocenters. The Morgan fingerprint density at radius 2 is 0.797 bits per heavy atom. The van der Waals surface area contributed by atoms with Crippen molar-refractivity contribution in [3.05, 3.63) is 12.2 Å². The predicted molar refractivity (Wildman–Crippen MR) is 307 cm³/mol. The van der Waals surface area contributed by atoms with Gasteiger partial charge in [-0.25, -0.2) is 0 Å². The molecule has 0 spiro atoms. The van der Waals surface area contributed by atoms with Crippen molar-refractivity contribution in [2.24, 2.45) is 0 Å². The molecule has 0 bridgehead atoms. The molecule has 1 rings (SSSR count). The number of carbonyl (C=O) groups excluding carboxylic acids is 1. The summed E-state index contributed by atoms with van der Waals surface area (Å²) in [4.78, 5) is 13.2. The first-order valence-corrected chi connectivity index (χ1v) is 32.1. The monoisotopic (exact) mass is 1050 g/mol. The van der Waals surface area contributed by atoms with Gasteiger partial charge in [0.25, 0.3) is 0 Å². The Bertz CT molecular complexity index is 1210. The molecule has 1 saturated heterocycles. The molecule has 8 N–H and O–H groups in total. The molecule has 11 nitrogen and oxygen atoms in total. The maximum Gasteiger partial charge on any atom is 0.249 e. The van der Waals surface area contributed by atoms with E-state index in [1.54, 1.807) is 0 Å². The van der Waals surface area contributed by atoms with Crippen molar-refractivity contribution in [3.8, 4) is 0 Å². The van der Waals surface area contributed by atoms with Crippen LogP contribution in [0.2, 0.25) is 0 Å². The zero-order valence-corrected chi connectivity index (χ0v) is 48.4. The molecule has 0 radical (unpaired) electrons. The van der Waals surface area contributed by atoms with Crippen molar-refractivity contribution in [1.82, 2.24) is 5.32 Å². The first kappa shape index (κ1) is 70.9. The molecule has 9 unspecified atom stereocenters. The van der Waals surface area contributed by atoms with Gasteiger partial charge in [-0.05, 0) is 38.5 Å². The van der Waals surface area contributed by atoms with Crippen LogP contribution in [0.3, 0.4) is 0 Å². The molecule has 74 heavy (non-hydrogen) atoms. The van der Waals surface area contributed by atoms with Gasteiger partial charge in [0.2, 0.25) is 5.91 Å². The van der Waals surface area contributed by atoms with Crippen LogP contribution in [0, 0.1) is 0 Å². The average Bonchev–Trinajstić information content (AvgIpc) is 3.40. The number of nitrogens with one attached hydrogen (secondary N) is 1. The minimum absolute atomic E-state index is 0.260. The minimum atomic E-state index is -1.67. The van der Waals surface area contributed by atoms with Crippen LogP contribution in [-0.2, 0) is 14.3 Å². The second-order valence-corrected chi connectivity index (χ2v) is 22.8. The molecule has 1 aliphatic heterocycles. The van der Waals surface area contributed by atoms with E-state index >= 15 is 0 Å². The van der Waals surface area contributed by atoms with Crippen molar-refractivity contribution in [3.63, 3.8) is 0 Å². The summed E-state index contributed by atoms with van der Waals surface area (Å²) >= 11 is 0. The molecule has 0 aromatic heterocycles. The highest BCUT2D eigenvalue weighted by Crippen LogP contribution is 2.24. The number of aliphatic hydroxyl groups excluding tert-OH is 7. The summed E-state index contributed by atoms with van der Waals surface area (Å²) in [7, 11) is 0. The molecule has 1 amide bonds. The van der Waals surface area contributed by atoms with E-state index in [4.69, 9.17) is 9.47 Å². The van der Waals surface area contributed by atoms with Crippen LogP contribution in [0.15, 0.2) is 12.2 Å². The molecule has 0 aromatic rings. The second kappa shape index (κ2) is 52.5. The number of aliphatic hydroxyl groups is 7. The van der Waals surface area contributed by atoms with Crippen LogP contribution in [0.25, 0.3) is 0 Å². The number of unbranched alkanes of at least 4 members (excludes halogenated alkanes) is 42. The van der Waals surface area contributed by atoms with Crippen LogP contribution in [0.5, 0.6) is 0 Å². The Morgan fingerprint density at radius 3 is 1.16 bits per heavy atom. The molecular formula is C63H123NO10. The molecular weight excluding hydrogens is 931 g/mol. The fraction of sp³-hybridized carbons (Fsp3) is 0.952. The number of ether oxygens (including phenoxy) is 2. The van der Waals surface area contributed by atoms with Gasteiger partial charge in [-0.2, -0.15) is 0 Å². The Morgan fingerprint density at radius 1 is 0.459 bits per heavy atom. The number of hydrogen-bond donors (Lipinski definition) is 8. The van der Waals surface area contributed by atoms with Crippen molar-refractivity contribution < 1.29 is 50.0 Å². The summed E-state index contributed by atoms with van der Waals surface area (Å²) in [6.45, 7) is 3.48. The lowest BCUT2D eigenvalue weighted by molar-refractivity contribution is -0.303. The van der Waals surface area contributed by atoms with E-state index in [9.17, 15) is 40.5 Å². The lowest BCUT2D eigenvalue weighted by Crippen LogP contribution is -2.60. The second-order valence-electron chi connectivity index (χ2n) is 22.8. The molecule has 440 valence electrons. The maximum atomic E-state index is 13.2. The van der Waals surface area contributed by atoms with Gasteiger partial charge in [-0.15, -0.1) is 0 Å². The van der Waals surface area contributed by atoms with Gasteiger partial charge >= 0.3 is 0 Å². The Labute approximate surface area is 455 Å². The smallest absolute Gasteiger partial charge is 0.249 e. The number of rotatable bonds is 56. The van der Waals surface area contributed by atoms with Crippen molar-refractivity contribution >= 4 is 5.91 Å². The fourth-order valence-electron chi connectivity index (χ4n) is 10.6. The molecule has 1 fully saturated rings. The quantitative estimate of drug-likeness (QED) is 0.0215. The van der Waals surface area contributed by atoms with Gasteiger partial charge in [0.15, 0.2) is 6.29 Å². The van der Waals surface area contributed by atoms with Gasteiger partial charge in [0.1, 0.15) is 36.6 Å². The number of amides is 1. The first-order valence-electron chi connectivity index (χ1n) is 32.1. The van der Waals surface area contributed by atoms with Gasteiger partial charge in [0.05, 0.1) is 25.4 Å². The van der Waals surface area contributed by atoms with Crippen LogP contribution >= 0.6 is 0 Å². The summed E-state index contributed by atoms with van der Waals surface area (Å²) < 4.78 is 11.2. The van der Waals surface area contributed by atoms with E-state index in [-0.39, 0.29) is 12.8 Å². The summed E-state index contributed by atoms with van der Waals surface area (Å²) in [6.07, 6.45) is 51.5. The topological polar surface area (TPSA) is 189 Å². The van der Waals surface area contributed by atoms with Gasteiger partial charge < -0.3 is 50.5 Å². The third kappa shape index (κ3) is 40.1. The standard InChI is InChI=1S/C63H123NO10/c1-3-5-7-9-11-13-15-17-19-21-22-23-24-25-26-27-28-29-30-31-32-33-35-37-39-41-43-45-47-49-51-56(67)62(72)64-54(53-73-63-61(71)60(70)59(69)57(52-65)74-63)58(68)55(66)50-48-46-44-42-40-38-36-34-20-18-16-14-12-10-8-6-4-2/h42,44,54-61,63,65-71H,3-41,43,45-53H2,1-2H3,(H,64,72)/b44-42+. The molecule has 0 aromatic carbocycles. The number of hydrogen-bond acceptors (Lipinski definition) is 10. The summed E-state index contributed by atoms with van der Waals surface area (Å²) in [5, 5.41) is 76.2. The molecule has 11 heteroatoms. The zero-order valence-electron chi connectivity index (χ0n) is 48.4. The minimum Gasteiger partial charge on any atom is -0.394 e. The van der Waals surface area contributed by atoms with Crippen LogP contribution < -0.4 is 5.32 Å². The Hall–Kier alpha value is -1.15. The van der Waals surface area contributed by atoms with Gasteiger partial charge in [0, 0.05) is 0 Å². The van der Waals surface area contributed by atoms with E-state index in [1.165, 1.54) is 238 Å². The SMILES string of the molecule is CCCCCCCCCCCCCC/C=C/CCCC(O)C(O)C(COC1OC(CO)C(O)C(O)C1O)NC(=O)C(O)CCCCCCCCCCCCCCCCCCCCCCCCCCCCCCCC. The fourth-order valence-corrected chi connectivity index (χ4v) is 10.6. The average molecular weight is 1050 g/mol. The van der Waals surface area contributed by atoms with Crippen molar-refractivity contribution in [2.75, 3.05) is 13.2 Å². The third-order valence-corrected chi connectivity index (χ3v) is 15.8. The van der Waals surface area contributed by atoms with E-state index in [2.05, 4.69) is 31.3 Å². The van der Waals surface area contributed by atoms with Crippen LogP contribution in [0.1, 0.15) is 316 Å². The van der Waals surface area contributed by atoms with Gasteiger partial charge in [-0.3, -0.25) is 4.79 Å². The number of allylic oxidation sites excluding steroid dienone is 2. The summed E-state index contributed by atoms with van der Waals surface area (Å²) in [5.74, 6) is -0.699. The van der Waals surface area contributed by atoms with Crippen LogP contribution in [0.4, 0.5) is 0 Å². The van der Waals surface area contributed by atoms with E-state index in [1.807, 2.05) is 0 Å². The molecule has 0 saturated carbocycles. The largest absolute Gasteiger partial charge is 0.394 e. The predicted octanol–water partition coefficient (Wildman–Crippen LogP) is 14.3. The lowest BCUT2D eigenvalue weighted by Gasteiger charge is -2.40. The van der Waals surface area contributed by atoms with E-state index < -0.39 is 74.2 Å². The first-order chi connectivity index (χ1) is 36.2. The van der Waals surface area contributed by atoms with E-state index in [0.29, 0.717) is 12.8 Å². The lowest BCUT2D eigenvalue weighted by atomic mass is 9.98. The molecule has 1 heterocycles. The normalized spacial score (nSPS) is 19.8. The highest BCUT2D eigenvalue weighted by atomic mass is 16.7. The molecule has 0 aliphatic carbocycles. The Kier molecular flexibility index (Phi) is 50.3. The summed E-state index contributed by atoms with van der Waals surface area (Å²) in [6, 6.07) is -1.18. The zero-order chi connectivity index (χ0) is 54.0. The van der Waals surface area contributed by atoms with E-state index in [0.717, 1.165) is 38.5 Å². The van der Waals surface area contributed by atoms with Crippen molar-refractivity contribution in [2.45, 2.75) is 371 Å². The van der Waals surface area contributed by atoms with Crippen molar-refractivity contribution in [1.29, 1.82) is 0 Å². The van der Waals surface area contributed by atoms with Gasteiger partial charge in [-0.1, -0.05) is 289 Å². The number of carbonyl (C=O) groups is 1. The summed E-state index contributed by atoms with van der Waals surface area (Å²) in [5.41, 5.74) is 0. The Balaban J connectivity index is 2.21. The highest BCUT2D eigenvalue weighted by Gasteiger charge is 2.44. The highest BCUT2D eigenvalue weighted by molar-refractivity contribution is 5.80.